The van der Waals surface area contributed by atoms with E-state index in [4.69, 9.17) is 0 Å². The number of rotatable bonds is 4. The van der Waals surface area contributed by atoms with Gasteiger partial charge in [0.1, 0.15) is 0 Å². The number of hydrogen-bond donors (Lipinski definition) is 0. The van der Waals surface area contributed by atoms with E-state index in [0.29, 0.717) is 13.0 Å². The molecule has 1 unspecified atom stereocenters. The molecule has 2 rings (SSSR count). The van der Waals surface area contributed by atoms with Gasteiger partial charge in [-0.1, -0.05) is 6.08 Å². The van der Waals surface area contributed by atoms with E-state index < -0.39 is 9.84 Å². The summed E-state index contributed by atoms with van der Waals surface area (Å²) in [5.41, 5.74) is 0. The van der Waals surface area contributed by atoms with Crippen LogP contribution in [0.4, 0.5) is 0 Å². The van der Waals surface area contributed by atoms with Gasteiger partial charge in [0, 0.05) is 18.5 Å². The molecule has 0 bridgehead atoms. The van der Waals surface area contributed by atoms with Crippen LogP contribution in [-0.4, -0.2) is 43.3 Å². The monoisotopic (exact) mass is 243 g/mol. The molecular weight excluding hydrogens is 226 g/mol. The smallest absolute Gasteiger partial charge is 0.226 e. The molecule has 1 saturated heterocycles. The highest BCUT2D eigenvalue weighted by atomic mass is 32.2. The molecule has 1 heterocycles. The summed E-state index contributed by atoms with van der Waals surface area (Å²) in [4.78, 5) is 13.7. The lowest BCUT2D eigenvalue weighted by molar-refractivity contribution is -0.133. The van der Waals surface area contributed by atoms with E-state index in [-0.39, 0.29) is 29.4 Å². The molecule has 0 radical (unpaired) electrons. The number of sulfone groups is 1. The predicted molar refractivity (Wildman–Crippen MR) is 61.7 cm³/mol. The van der Waals surface area contributed by atoms with E-state index in [1.54, 1.807) is 11.0 Å². The third-order valence-electron chi connectivity index (χ3n) is 3.18. The molecule has 90 valence electrons. The Kier molecular flexibility index (Phi) is 3.06. The van der Waals surface area contributed by atoms with Crippen molar-refractivity contribution in [3.05, 3.63) is 12.7 Å². The molecule has 2 fully saturated rings. The van der Waals surface area contributed by atoms with Gasteiger partial charge in [-0.25, -0.2) is 8.42 Å². The first-order chi connectivity index (χ1) is 7.53. The van der Waals surface area contributed by atoms with E-state index >= 15 is 0 Å². The maximum Gasteiger partial charge on any atom is 0.226 e. The molecule has 0 aromatic heterocycles. The highest BCUT2D eigenvalue weighted by Crippen LogP contribution is 2.32. The predicted octanol–water partition coefficient (Wildman–Crippen LogP) is 0.598. The number of hydrogen-bond acceptors (Lipinski definition) is 3. The number of carbonyl (C=O) groups excluding carboxylic acids is 1. The van der Waals surface area contributed by atoms with Gasteiger partial charge in [0.2, 0.25) is 5.91 Å². The number of amides is 1. The molecule has 1 amide bonds. The molecule has 1 saturated carbocycles. The van der Waals surface area contributed by atoms with E-state index in [1.807, 2.05) is 0 Å². The number of nitrogens with zero attached hydrogens (tertiary/aromatic N) is 1. The summed E-state index contributed by atoms with van der Waals surface area (Å²) in [5, 5.41) is 0. The molecule has 0 aromatic rings. The van der Waals surface area contributed by atoms with Crippen molar-refractivity contribution in [1.29, 1.82) is 0 Å². The zero-order chi connectivity index (χ0) is 11.8. The van der Waals surface area contributed by atoms with Crippen molar-refractivity contribution < 1.29 is 13.2 Å². The second-order valence-electron chi connectivity index (χ2n) is 4.61. The van der Waals surface area contributed by atoms with E-state index in [1.165, 1.54) is 0 Å². The fourth-order valence-corrected chi connectivity index (χ4v) is 3.87. The molecule has 1 aliphatic carbocycles. The minimum atomic E-state index is -2.93. The minimum Gasteiger partial charge on any atom is -0.335 e. The van der Waals surface area contributed by atoms with Crippen molar-refractivity contribution in [2.45, 2.75) is 25.3 Å². The van der Waals surface area contributed by atoms with Gasteiger partial charge in [0.25, 0.3) is 0 Å². The first-order valence-electron chi connectivity index (χ1n) is 5.65. The van der Waals surface area contributed by atoms with Crippen LogP contribution in [0.3, 0.4) is 0 Å². The summed E-state index contributed by atoms with van der Waals surface area (Å²) in [6.07, 6.45) is 4.15. The lowest BCUT2D eigenvalue weighted by atomic mass is 10.2. The van der Waals surface area contributed by atoms with Crippen LogP contribution in [0, 0.1) is 5.92 Å². The van der Waals surface area contributed by atoms with E-state index in [2.05, 4.69) is 6.58 Å². The van der Waals surface area contributed by atoms with Crippen LogP contribution >= 0.6 is 0 Å². The molecule has 16 heavy (non-hydrogen) atoms. The summed E-state index contributed by atoms with van der Waals surface area (Å²) < 4.78 is 22.8. The van der Waals surface area contributed by atoms with Crippen LogP contribution in [0.25, 0.3) is 0 Å². The van der Waals surface area contributed by atoms with Gasteiger partial charge >= 0.3 is 0 Å². The second-order valence-corrected chi connectivity index (χ2v) is 6.84. The second kappa shape index (κ2) is 4.20. The quantitative estimate of drug-likeness (QED) is 0.679. The SMILES string of the molecule is C=CCN(C(=O)C1CC1)C1CCS(=O)(=O)C1. The van der Waals surface area contributed by atoms with Gasteiger partial charge in [-0.05, 0) is 19.3 Å². The van der Waals surface area contributed by atoms with E-state index in [0.717, 1.165) is 12.8 Å². The zero-order valence-corrected chi connectivity index (χ0v) is 10.1. The maximum absolute atomic E-state index is 12.0. The van der Waals surface area contributed by atoms with E-state index in [9.17, 15) is 13.2 Å². The lowest BCUT2D eigenvalue weighted by Crippen LogP contribution is -2.42. The third-order valence-corrected chi connectivity index (χ3v) is 4.93. The summed E-state index contributed by atoms with van der Waals surface area (Å²) in [6, 6.07) is -0.129. The Balaban J connectivity index is 2.07. The fraction of sp³-hybridized carbons (Fsp3) is 0.727. The van der Waals surface area contributed by atoms with Gasteiger partial charge in [0.05, 0.1) is 11.5 Å². The molecular formula is C11H17NO3S. The zero-order valence-electron chi connectivity index (χ0n) is 9.26. The van der Waals surface area contributed by atoms with Crippen molar-refractivity contribution in [1.82, 2.24) is 4.90 Å². The molecule has 0 aromatic carbocycles. The van der Waals surface area contributed by atoms with Gasteiger partial charge in [0.15, 0.2) is 9.84 Å². The van der Waals surface area contributed by atoms with Crippen molar-refractivity contribution in [2.24, 2.45) is 5.92 Å². The summed E-state index contributed by atoms with van der Waals surface area (Å²) in [5.74, 6) is 0.591. The number of carbonyl (C=O) groups is 1. The van der Waals surface area contributed by atoms with Gasteiger partial charge in [-0.15, -0.1) is 6.58 Å². The first-order valence-corrected chi connectivity index (χ1v) is 7.47. The summed E-state index contributed by atoms with van der Waals surface area (Å²) in [6.45, 7) is 4.09. The Morgan fingerprint density at radius 3 is 2.50 bits per heavy atom. The Bertz CT molecular complexity index is 397. The summed E-state index contributed by atoms with van der Waals surface area (Å²) in [7, 11) is -2.93. The van der Waals surface area contributed by atoms with Gasteiger partial charge in [-0.3, -0.25) is 4.79 Å². The molecule has 4 nitrogen and oxygen atoms in total. The van der Waals surface area contributed by atoms with Crippen molar-refractivity contribution >= 4 is 15.7 Å². The average Bonchev–Trinajstić information content (AvgIpc) is 2.99. The molecule has 1 atom stereocenters. The van der Waals surface area contributed by atoms with Crippen molar-refractivity contribution in [2.75, 3.05) is 18.1 Å². The van der Waals surface area contributed by atoms with Crippen LogP contribution in [0.1, 0.15) is 19.3 Å². The third kappa shape index (κ3) is 2.45. The van der Waals surface area contributed by atoms with Crippen LogP contribution in [0.5, 0.6) is 0 Å². The standard InChI is InChI=1S/C11H17NO3S/c1-2-6-12(11(13)9-3-4-9)10-5-7-16(14,15)8-10/h2,9-10H,1,3-8H2. The Labute approximate surface area is 96.2 Å². The maximum atomic E-state index is 12.0. The highest BCUT2D eigenvalue weighted by molar-refractivity contribution is 7.91. The first kappa shape index (κ1) is 11.6. The van der Waals surface area contributed by atoms with Crippen LogP contribution < -0.4 is 0 Å². The molecule has 0 spiro atoms. The lowest BCUT2D eigenvalue weighted by Gasteiger charge is -2.27. The normalized spacial score (nSPS) is 27.6. The molecule has 5 heteroatoms. The topological polar surface area (TPSA) is 54.5 Å². The molecule has 0 N–H and O–H groups in total. The van der Waals surface area contributed by atoms with Gasteiger partial charge in [-0.2, -0.15) is 0 Å². The largest absolute Gasteiger partial charge is 0.335 e. The Morgan fingerprint density at radius 1 is 1.38 bits per heavy atom. The van der Waals surface area contributed by atoms with Crippen LogP contribution in [-0.2, 0) is 14.6 Å². The average molecular weight is 243 g/mol. The minimum absolute atomic E-state index is 0.113. The molecule has 1 aliphatic heterocycles. The highest BCUT2D eigenvalue weighted by Gasteiger charge is 2.39. The van der Waals surface area contributed by atoms with Gasteiger partial charge < -0.3 is 4.90 Å². The van der Waals surface area contributed by atoms with Crippen molar-refractivity contribution in [3.8, 4) is 0 Å². The van der Waals surface area contributed by atoms with Crippen molar-refractivity contribution in [3.63, 3.8) is 0 Å². The molecule has 2 aliphatic rings. The Morgan fingerprint density at radius 2 is 2.06 bits per heavy atom. The Hall–Kier alpha value is -0.840. The fourth-order valence-electron chi connectivity index (χ4n) is 2.14. The van der Waals surface area contributed by atoms with Crippen LogP contribution in [0.2, 0.25) is 0 Å². The summed E-state index contributed by atoms with van der Waals surface area (Å²) >= 11 is 0. The van der Waals surface area contributed by atoms with Crippen LogP contribution in [0.15, 0.2) is 12.7 Å².